The van der Waals surface area contributed by atoms with E-state index in [1.165, 1.54) is 18.4 Å². The largest absolute Gasteiger partial charge is 0.459 e. The SMILES string of the molecule is O=C(Nc1cc(-c2nnc(-c3ccco3)o2)ccc1F)c1cc([N+](=O)[O-])ccc1F. The van der Waals surface area contributed by atoms with Gasteiger partial charge in [0.25, 0.3) is 17.5 Å². The number of nitrogens with one attached hydrogen (secondary N) is 1. The second-order valence-electron chi connectivity index (χ2n) is 5.96. The van der Waals surface area contributed by atoms with Crippen LogP contribution in [0.3, 0.4) is 0 Å². The molecule has 0 aliphatic carbocycles. The predicted octanol–water partition coefficient (Wildman–Crippen LogP) is 4.44. The highest BCUT2D eigenvalue weighted by Gasteiger charge is 2.19. The van der Waals surface area contributed by atoms with Gasteiger partial charge in [-0.1, -0.05) is 0 Å². The first-order chi connectivity index (χ1) is 14.4. The molecule has 0 bridgehead atoms. The van der Waals surface area contributed by atoms with Crippen LogP contribution in [0.25, 0.3) is 23.1 Å². The third-order valence-electron chi connectivity index (χ3n) is 4.02. The number of aromatic nitrogens is 2. The molecule has 1 amide bonds. The first-order valence-corrected chi connectivity index (χ1v) is 8.35. The lowest BCUT2D eigenvalue weighted by atomic mass is 10.1. The number of carbonyl (C=O) groups excluding carboxylic acids is 1. The van der Waals surface area contributed by atoms with Gasteiger partial charge in [0, 0.05) is 17.7 Å². The Morgan fingerprint density at radius 1 is 1.03 bits per heavy atom. The molecule has 0 aliphatic heterocycles. The lowest BCUT2D eigenvalue weighted by Crippen LogP contribution is -2.15. The van der Waals surface area contributed by atoms with Gasteiger partial charge in [0.05, 0.1) is 22.4 Å². The zero-order valence-electron chi connectivity index (χ0n) is 14.8. The molecule has 0 aliphatic rings. The van der Waals surface area contributed by atoms with Crippen LogP contribution in [0.5, 0.6) is 0 Å². The second kappa shape index (κ2) is 7.54. The van der Waals surface area contributed by atoms with Crippen LogP contribution < -0.4 is 5.32 Å². The van der Waals surface area contributed by atoms with Gasteiger partial charge in [0.1, 0.15) is 11.6 Å². The maximum Gasteiger partial charge on any atom is 0.283 e. The number of anilines is 1. The number of benzene rings is 2. The topological polar surface area (TPSA) is 124 Å². The third-order valence-corrected chi connectivity index (χ3v) is 4.02. The third kappa shape index (κ3) is 3.63. The molecule has 1 N–H and O–H groups in total. The number of carbonyl (C=O) groups is 1. The van der Waals surface area contributed by atoms with Crippen molar-refractivity contribution in [2.75, 3.05) is 5.32 Å². The Labute approximate surface area is 166 Å². The molecule has 4 rings (SSSR count). The summed E-state index contributed by atoms with van der Waals surface area (Å²) in [6.07, 6.45) is 1.43. The van der Waals surface area contributed by atoms with Crippen molar-refractivity contribution >= 4 is 17.3 Å². The standard InChI is InChI=1S/C19H10F2N4O5/c20-13-6-4-11(25(27)28)9-12(13)17(26)22-15-8-10(3-5-14(15)21)18-23-24-19(30-18)16-2-1-7-29-16/h1-9H,(H,22,26). The monoisotopic (exact) mass is 412 g/mol. The van der Waals surface area contributed by atoms with E-state index in [1.807, 2.05) is 0 Å². The van der Waals surface area contributed by atoms with Gasteiger partial charge in [-0.05, 0) is 36.4 Å². The number of hydrogen-bond donors (Lipinski definition) is 1. The quantitative estimate of drug-likeness (QED) is 0.380. The second-order valence-corrected chi connectivity index (χ2v) is 5.96. The van der Waals surface area contributed by atoms with Crippen LogP contribution in [-0.4, -0.2) is 21.0 Å². The van der Waals surface area contributed by atoms with Gasteiger partial charge >= 0.3 is 0 Å². The van der Waals surface area contributed by atoms with E-state index in [2.05, 4.69) is 15.5 Å². The normalized spacial score (nSPS) is 10.7. The highest BCUT2D eigenvalue weighted by molar-refractivity contribution is 6.05. The molecule has 11 heteroatoms. The fraction of sp³-hybridized carbons (Fsp3) is 0. The highest BCUT2D eigenvalue weighted by atomic mass is 19.1. The Kier molecular flexibility index (Phi) is 4.76. The van der Waals surface area contributed by atoms with Gasteiger partial charge in [0.2, 0.25) is 5.89 Å². The summed E-state index contributed by atoms with van der Waals surface area (Å²) >= 11 is 0. The van der Waals surface area contributed by atoms with Crippen LogP contribution in [0.2, 0.25) is 0 Å². The maximum atomic E-state index is 14.2. The minimum atomic E-state index is -1.06. The summed E-state index contributed by atoms with van der Waals surface area (Å²) in [5.41, 5.74) is -1.11. The predicted molar refractivity (Wildman–Crippen MR) is 98.4 cm³/mol. The molecule has 9 nitrogen and oxygen atoms in total. The number of nitro groups is 1. The van der Waals surface area contributed by atoms with Crippen molar-refractivity contribution in [2.24, 2.45) is 0 Å². The van der Waals surface area contributed by atoms with E-state index >= 15 is 0 Å². The first-order valence-electron chi connectivity index (χ1n) is 8.35. The Hall–Kier alpha value is -4.41. The summed E-state index contributed by atoms with van der Waals surface area (Å²) in [6.45, 7) is 0. The number of amides is 1. The summed E-state index contributed by atoms with van der Waals surface area (Å²) in [4.78, 5) is 22.4. The van der Waals surface area contributed by atoms with Gasteiger partial charge in [-0.3, -0.25) is 14.9 Å². The number of nitrogens with zero attached hydrogens (tertiary/aromatic N) is 3. The molecular weight excluding hydrogens is 402 g/mol. The van der Waals surface area contributed by atoms with Gasteiger partial charge in [-0.25, -0.2) is 8.78 Å². The van der Waals surface area contributed by atoms with Crippen LogP contribution >= 0.6 is 0 Å². The molecule has 0 unspecified atom stereocenters. The summed E-state index contributed by atoms with van der Waals surface area (Å²) in [5, 5.41) is 20.7. The van der Waals surface area contributed by atoms with Crippen molar-refractivity contribution in [2.45, 2.75) is 0 Å². The number of furan rings is 1. The molecule has 4 aromatic rings. The van der Waals surface area contributed by atoms with Crippen molar-refractivity contribution in [1.82, 2.24) is 10.2 Å². The zero-order chi connectivity index (χ0) is 21.3. The molecule has 0 atom stereocenters. The van der Waals surface area contributed by atoms with Crippen LogP contribution in [0, 0.1) is 21.7 Å². The molecule has 0 saturated carbocycles. The van der Waals surface area contributed by atoms with Crippen molar-refractivity contribution in [1.29, 1.82) is 0 Å². The summed E-state index contributed by atoms with van der Waals surface area (Å²) in [5.74, 6) is -2.40. The lowest BCUT2D eigenvalue weighted by Gasteiger charge is -2.08. The molecule has 150 valence electrons. The van der Waals surface area contributed by atoms with Gasteiger partial charge in [-0.15, -0.1) is 10.2 Å². The van der Waals surface area contributed by atoms with E-state index in [-0.39, 0.29) is 23.0 Å². The summed E-state index contributed by atoms with van der Waals surface area (Å²) in [6, 6.07) is 9.32. The van der Waals surface area contributed by atoms with Crippen molar-refractivity contribution in [3.05, 3.63) is 82.1 Å². The van der Waals surface area contributed by atoms with E-state index < -0.39 is 33.7 Å². The number of hydrogen-bond acceptors (Lipinski definition) is 7. The minimum absolute atomic E-state index is 0.0263. The van der Waals surface area contributed by atoms with E-state index in [1.54, 1.807) is 12.1 Å². The van der Waals surface area contributed by atoms with E-state index in [0.717, 1.165) is 24.3 Å². The van der Waals surface area contributed by atoms with E-state index in [9.17, 15) is 23.7 Å². The average Bonchev–Trinajstić information content (AvgIpc) is 3.41. The number of halogens is 2. The van der Waals surface area contributed by atoms with Crippen LogP contribution in [0.4, 0.5) is 20.2 Å². The molecule has 0 saturated heterocycles. The fourth-order valence-corrected chi connectivity index (χ4v) is 2.58. The molecule has 2 aromatic carbocycles. The van der Waals surface area contributed by atoms with Crippen LogP contribution in [0.15, 0.2) is 63.6 Å². The van der Waals surface area contributed by atoms with E-state index in [4.69, 9.17) is 8.83 Å². The number of non-ortho nitro benzene ring substituents is 1. The van der Waals surface area contributed by atoms with Crippen LogP contribution in [0.1, 0.15) is 10.4 Å². The number of rotatable bonds is 5. The Balaban J connectivity index is 1.62. The molecular formula is C19H10F2N4O5. The first kappa shape index (κ1) is 18.9. The Morgan fingerprint density at radius 2 is 1.80 bits per heavy atom. The minimum Gasteiger partial charge on any atom is -0.459 e. The molecule has 2 heterocycles. The van der Waals surface area contributed by atoms with Gasteiger partial charge in [-0.2, -0.15) is 0 Å². The lowest BCUT2D eigenvalue weighted by molar-refractivity contribution is -0.384. The average molecular weight is 412 g/mol. The highest BCUT2D eigenvalue weighted by Crippen LogP contribution is 2.28. The van der Waals surface area contributed by atoms with Crippen molar-refractivity contribution in [3.8, 4) is 23.1 Å². The Bertz CT molecular complexity index is 1250. The van der Waals surface area contributed by atoms with Crippen molar-refractivity contribution in [3.63, 3.8) is 0 Å². The molecule has 0 spiro atoms. The van der Waals surface area contributed by atoms with E-state index in [0.29, 0.717) is 5.76 Å². The van der Waals surface area contributed by atoms with Crippen molar-refractivity contribution < 1.29 is 27.3 Å². The maximum absolute atomic E-state index is 14.2. The molecule has 0 fully saturated rings. The smallest absolute Gasteiger partial charge is 0.283 e. The Morgan fingerprint density at radius 3 is 2.53 bits per heavy atom. The summed E-state index contributed by atoms with van der Waals surface area (Å²) < 4.78 is 38.8. The fourth-order valence-electron chi connectivity index (χ4n) is 2.58. The molecule has 0 radical (unpaired) electrons. The molecule has 30 heavy (non-hydrogen) atoms. The van der Waals surface area contributed by atoms with Crippen LogP contribution in [-0.2, 0) is 0 Å². The molecule has 2 aromatic heterocycles. The summed E-state index contributed by atoms with van der Waals surface area (Å²) in [7, 11) is 0. The number of nitro benzene ring substituents is 1. The van der Waals surface area contributed by atoms with Gasteiger partial charge in [0.15, 0.2) is 5.76 Å². The van der Waals surface area contributed by atoms with Gasteiger partial charge < -0.3 is 14.2 Å². The zero-order valence-corrected chi connectivity index (χ0v) is 14.8.